The van der Waals surface area contributed by atoms with Gasteiger partial charge in [0.05, 0.1) is 22.9 Å². The fourth-order valence-corrected chi connectivity index (χ4v) is 3.40. The maximum Gasteiger partial charge on any atom is 0.408 e. The summed E-state index contributed by atoms with van der Waals surface area (Å²) in [5.74, 6) is 0.553. The van der Waals surface area contributed by atoms with Gasteiger partial charge in [0.25, 0.3) is 5.69 Å². The average Bonchev–Trinajstić information content (AvgIpc) is 3.34. The third kappa shape index (κ3) is 5.82. The van der Waals surface area contributed by atoms with E-state index >= 15 is 0 Å². The van der Waals surface area contributed by atoms with Crippen LogP contribution in [0.15, 0.2) is 91.1 Å². The molecule has 0 saturated heterocycles. The van der Waals surface area contributed by atoms with Crippen molar-refractivity contribution < 1.29 is 14.5 Å². The Morgan fingerprint density at radius 2 is 1.61 bits per heavy atom. The summed E-state index contributed by atoms with van der Waals surface area (Å²) in [7, 11) is 0. The summed E-state index contributed by atoms with van der Waals surface area (Å²) in [6, 6.07) is 25.0. The Labute approximate surface area is 190 Å². The number of non-ortho nitro benzene ring substituents is 1. The molecule has 1 atom stereocenters. The first kappa shape index (κ1) is 21.8. The average molecular weight is 442 g/mol. The summed E-state index contributed by atoms with van der Waals surface area (Å²) in [4.78, 5) is 30.6. The normalized spacial score (nSPS) is 11.5. The van der Waals surface area contributed by atoms with Crippen LogP contribution >= 0.6 is 0 Å². The molecule has 0 bridgehead atoms. The predicted octanol–water partition coefficient (Wildman–Crippen LogP) is 5.20. The molecule has 0 spiro atoms. The van der Waals surface area contributed by atoms with Crippen molar-refractivity contribution in [3.05, 3.63) is 118 Å². The van der Waals surface area contributed by atoms with Crippen molar-refractivity contribution >= 4 is 11.8 Å². The largest absolute Gasteiger partial charge is 0.445 e. The number of hydrogen-bond acceptors (Lipinski definition) is 5. The number of ether oxygens (including phenoxy) is 1. The van der Waals surface area contributed by atoms with E-state index in [0.717, 1.165) is 11.1 Å². The van der Waals surface area contributed by atoms with Crippen molar-refractivity contribution in [2.75, 3.05) is 0 Å². The summed E-state index contributed by atoms with van der Waals surface area (Å²) in [5, 5.41) is 13.8. The Morgan fingerprint density at radius 3 is 2.24 bits per heavy atom. The van der Waals surface area contributed by atoms with Gasteiger partial charge in [-0.2, -0.15) is 0 Å². The maximum atomic E-state index is 12.5. The zero-order chi connectivity index (χ0) is 23.0. The first-order valence-corrected chi connectivity index (χ1v) is 10.4. The molecule has 0 radical (unpaired) electrons. The van der Waals surface area contributed by atoms with Crippen molar-refractivity contribution in [1.82, 2.24) is 15.3 Å². The van der Waals surface area contributed by atoms with Gasteiger partial charge in [-0.3, -0.25) is 10.1 Å². The lowest BCUT2D eigenvalue weighted by atomic mass is 10.0. The van der Waals surface area contributed by atoms with Gasteiger partial charge in [-0.1, -0.05) is 60.7 Å². The number of hydrogen-bond donors (Lipinski definition) is 2. The molecular formula is C25H22N4O4. The molecule has 0 fully saturated rings. The number of carbonyl (C=O) groups excluding carboxylic acids is 1. The van der Waals surface area contributed by atoms with Crippen LogP contribution in [0.3, 0.4) is 0 Å². The molecule has 33 heavy (non-hydrogen) atoms. The Hall–Kier alpha value is -4.46. The fourth-order valence-electron chi connectivity index (χ4n) is 3.40. The number of alkyl carbamates (subject to hydrolysis) is 1. The molecule has 1 aromatic heterocycles. The number of aromatic nitrogens is 2. The van der Waals surface area contributed by atoms with E-state index in [9.17, 15) is 14.9 Å². The van der Waals surface area contributed by atoms with Gasteiger partial charge in [0, 0.05) is 17.7 Å². The van der Waals surface area contributed by atoms with Crippen molar-refractivity contribution in [1.29, 1.82) is 0 Å². The van der Waals surface area contributed by atoms with E-state index < -0.39 is 17.1 Å². The summed E-state index contributed by atoms with van der Waals surface area (Å²) in [6.45, 7) is 0.168. The van der Waals surface area contributed by atoms with Gasteiger partial charge in [-0.05, 0) is 29.7 Å². The summed E-state index contributed by atoms with van der Waals surface area (Å²) >= 11 is 0. The molecule has 0 unspecified atom stereocenters. The molecule has 8 heteroatoms. The highest BCUT2D eigenvalue weighted by Gasteiger charge is 2.19. The zero-order valence-electron chi connectivity index (χ0n) is 17.7. The third-order valence-electron chi connectivity index (χ3n) is 5.11. The lowest BCUT2D eigenvalue weighted by Gasteiger charge is -2.17. The van der Waals surface area contributed by atoms with Crippen molar-refractivity contribution in [2.45, 2.75) is 19.1 Å². The van der Waals surface area contributed by atoms with Gasteiger partial charge in [-0.15, -0.1) is 0 Å². The van der Waals surface area contributed by atoms with Crippen LogP contribution in [-0.4, -0.2) is 21.0 Å². The second-order valence-corrected chi connectivity index (χ2v) is 7.44. The van der Waals surface area contributed by atoms with Gasteiger partial charge in [-0.25, -0.2) is 9.78 Å². The minimum atomic E-state index is -0.536. The summed E-state index contributed by atoms with van der Waals surface area (Å²) in [5.41, 5.74) is 3.35. The second kappa shape index (κ2) is 10.2. The van der Waals surface area contributed by atoms with Crippen LogP contribution < -0.4 is 5.32 Å². The molecule has 8 nitrogen and oxygen atoms in total. The Kier molecular flexibility index (Phi) is 6.75. The molecule has 4 rings (SSSR count). The zero-order valence-corrected chi connectivity index (χ0v) is 17.7. The minimum Gasteiger partial charge on any atom is -0.445 e. The minimum absolute atomic E-state index is 0.00955. The number of H-pyrrole nitrogens is 1. The van der Waals surface area contributed by atoms with Crippen molar-refractivity contribution in [2.24, 2.45) is 0 Å². The summed E-state index contributed by atoms with van der Waals surface area (Å²) < 4.78 is 5.40. The quantitative estimate of drug-likeness (QED) is 0.288. The van der Waals surface area contributed by atoms with Crippen LogP contribution in [0.5, 0.6) is 0 Å². The standard InChI is InChI=1S/C25H22N4O4/c30-25(33-17-19-9-5-2-6-10-19)28-22(15-18-7-3-1-4-8-18)23-16-26-24(27-23)20-11-13-21(14-12-20)29(31)32/h1-14,16,22H,15,17H2,(H,26,27)(H,28,30)/t22-/m0/s1. The van der Waals surface area contributed by atoms with E-state index in [1.165, 1.54) is 12.1 Å². The molecule has 1 heterocycles. The highest BCUT2D eigenvalue weighted by atomic mass is 16.6. The molecule has 166 valence electrons. The third-order valence-corrected chi connectivity index (χ3v) is 5.11. The molecule has 0 aliphatic rings. The molecule has 0 aliphatic heterocycles. The van der Waals surface area contributed by atoms with Crippen LogP contribution in [0.2, 0.25) is 0 Å². The highest BCUT2D eigenvalue weighted by Crippen LogP contribution is 2.23. The van der Waals surface area contributed by atoms with Gasteiger partial charge < -0.3 is 15.0 Å². The Bertz CT molecular complexity index is 1210. The number of nitrogens with one attached hydrogen (secondary N) is 2. The van der Waals surface area contributed by atoms with Crippen LogP contribution in [0, 0.1) is 10.1 Å². The smallest absolute Gasteiger partial charge is 0.408 e. The number of nitro benzene ring substituents is 1. The molecule has 4 aromatic rings. The fraction of sp³-hybridized carbons (Fsp3) is 0.120. The molecule has 0 saturated carbocycles. The van der Waals surface area contributed by atoms with E-state index in [-0.39, 0.29) is 12.3 Å². The second-order valence-electron chi connectivity index (χ2n) is 7.44. The number of aromatic amines is 1. The number of carbonyl (C=O) groups is 1. The lowest BCUT2D eigenvalue weighted by Crippen LogP contribution is -2.30. The lowest BCUT2D eigenvalue weighted by molar-refractivity contribution is -0.384. The number of nitrogens with zero attached hydrogens (tertiary/aromatic N) is 2. The molecule has 0 aliphatic carbocycles. The Morgan fingerprint density at radius 1 is 0.970 bits per heavy atom. The number of amides is 1. The topological polar surface area (TPSA) is 110 Å². The SMILES string of the molecule is O=C(N[C@@H](Cc1ccccc1)c1cnc(-c2ccc([N+](=O)[O-])cc2)[nH]1)OCc1ccccc1. The Balaban J connectivity index is 1.50. The first-order chi connectivity index (χ1) is 16.1. The van der Waals surface area contributed by atoms with Crippen molar-refractivity contribution in [3.8, 4) is 11.4 Å². The van der Waals surface area contributed by atoms with Crippen molar-refractivity contribution in [3.63, 3.8) is 0 Å². The van der Waals surface area contributed by atoms with E-state index in [2.05, 4.69) is 15.3 Å². The molecular weight excluding hydrogens is 420 g/mol. The monoisotopic (exact) mass is 442 g/mol. The van der Waals surface area contributed by atoms with Crippen LogP contribution in [-0.2, 0) is 17.8 Å². The highest BCUT2D eigenvalue weighted by molar-refractivity contribution is 5.68. The number of imidazole rings is 1. The number of benzene rings is 3. The molecule has 2 N–H and O–H groups in total. The van der Waals surface area contributed by atoms with E-state index in [1.54, 1.807) is 18.3 Å². The molecule has 1 amide bonds. The van der Waals surface area contributed by atoms with Gasteiger partial charge in [0.2, 0.25) is 0 Å². The van der Waals surface area contributed by atoms with Crippen LogP contribution in [0.4, 0.5) is 10.5 Å². The molecule has 3 aromatic carbocycles. The predicted molar refractivity (Wildman–Crippen MR) is 123 cm³/mol. The van der Waals surface area contributed by atoms with E-state index in [4.69, 9.17) is 4.74 Å². The summed E-state index contributed by atoms with van der Waals surface area (Å²) in [6.07, 6.45) is 1.65. The first-order valence-electron chi connectivity index (χ1n) is 10.4. The van der Waals surface area contributed by atoms with E-state index in [1.807, 2.05) is 60.7 Å². The number of nitro groups is 1. The van der Waals surface area contributed by atoms with Gasteiger partial charge in [0.1, 0.15) is 12.4 Å². The van der Waals surface area contributed by atoms with Crippen LogP contribution in [0.1, 0.15) is 22.9 Å². The van der Waals surface area contributed by atoms with Crippen LogP contribution in [0.25, 0.3) is 11.4 Å². The number of rotatable bonds is 8. The van der Waals surface area contributed by atoms with Gasteiger partial charge >= 0.3 is 6.09 Å². The maximum absolute atomic E-state index is 12.5. The van der Waals surface area contributed by atoms with E-state index in [0.29, 0.717) is 23.5 Å². The van der Waals surface area contributed by atoms with Gasteiger partial charge in [0.15, 0.2) is 0 Å².